The first-order valence-electron chi connectivity index (χ1n) is 7.19. The van der Waals surface area contributed by atoms with E-state index in [9.17, 15) is 4.79 Å². The van der Waals surface area contributed by atoms with Gasteiger partial charge in [0.25, 0.3) is 5.91 Å². The molecule has 0 aliphatic carbocycles. The molecule has 2 aromatic heterocycles. The number of carbonyl (C=O) groups is 1. The second-order valence-electron chi connectivity index (χ2n) is 5.40. The first-order chi connectivity index (χ1) is 11.5. The minimum atomic E-state index is -0.143. The van der Waals surface area contributed by atoms with Crippen LogP contribution in [0.5, 0.6) is 0 Å². The number of halogens is 2. The van der Waals surface area contributed by atoms with Crippen molar-refractivity contribution in [1.82, 2.24) is 24.9 Å². The van der Waals surface area contributed by atoms with Gasteiger partial charge in [-0.1, -0.05) is 23.7 Å². The fraction of sp³-hybridized carbons (Fsp3) is 0.188. The Morgan fingerprint density at radius 1 is 1.38 bits per heavy atom. The van der Waals surface area contributed by atoms with Crippen molar-refractivity contribution in [2.45, 2.75) is 6.54 Å². The Bertz CT molecular complexity index is 851. The van der Waals surface area contributed by atoms with Crippen LogP contribution in [-0.4, -0.2) is 37.8 Å². The molecule has 24 heavy (non-hydrogen) atoms. The van der Waals surface area contributed by atoms with E-state index in [1.54, 1.807) is 41.0 Å². The Morgan fingerprint density at radius 2 is 2.08 bits per heavy atom. The molecule has 0 atom stereocenters. The van der Waals surface area contributed by atoms with E-state index < -0.39 is 0 Å². The summed E-state index contributed by atoms with van der Waals surface area (Å²) >= 11 is 9.33. The highest BCUT2D eigenvalue weighted by atomic mass is 79.9. The fourth-order valence-electron chi connectivity index (χ4n) is 2.32. The maximum atomic E-state index is 12.6. The van der Waals surface area contributed by atoms with Crippen LogP contribution >= 0.6 is 27.5 Å². The minimum absolute atomic E-state index is 0.143. The van der Waals surface area contributed by atoms with Crippen molar-refractivity contribution in [3.05, 3.63) is 57.4 Å². The van der Waals surface area contributed by atoms with Gasteiger partial charge in [-0.2, -0.15) is 10.2 Å². The summed E-state index contributed by atoms with van der Waals surface area (Å²) in [5, 5.41) is 11.8. The number of carbonyl (C=O) groups excluding carboxylic acids is 1. The number of benzene rings is 1. The first-order valence-corrected chi connectivity index (χ1v) is 8.36. The summed E-state index contributed by atoms with van der Waals surface area (Å²) in [6.45, 7) is 0.436. The quantitative estimate of drug-likeness (QED) is 0.718. The molecule has 1 N–H and O–H groups in total. The van der Waals surface area contributed by atoms with Gasteiger partial charge in [-0.05, 0) is 34.1 Å². The highest BCUT2D eigenvalue weighted by molar-refractivity contribution is 9.10. The number of aromatic amines is 1. The molecule has 0 unspecified atom stereocenters. The van der Waals surface area contributed by atoms with E-state index in [4.69, 9.17) is 11.6 Å². The zero-order valence-electron chi connectivity index (χ0n) is 13.1. The van der Waals surface area contributed by atoms with Crippen LogP contribution in [-0.2, 0) is 13.6 Å². The van der Waals surface area contributed by atoms with Crippen LogP contribution in [0.1, 0.15) is 16.2 Å². The third-order valence-electron chi connectivity index (χ3n) is 3.69. The molecule has 1 aromatic carbocycles. The summed E-state index contributed by atoms with van der Waals surface area (Å²) in [5.74, 6) is -0.143. The lowest BCUT2D eigenvalue weighted by Gasteiger charge is -2.16. The summed E-state index contributed by atoms with van der Waals surface area (Å²) in [7, 11) is 3.58. The molecule has 1 amide bonds. The predicted octanol–water partition coefficient (Wildman–Crippen LogP) is 3.50. The van der Waals surface area contributed by atoms with E-state index in [1.165, 1.54) is 0 Å². The molecule has 3 rings (SSSR count). The second kappa shape index (κ2) is 6.78. The average Bonchev–Trinajstić information content (AvgIpc) is 3.17. The van der Waals surface area contributed by atoms with Crippen molar-refractivity contribution < 1.29 is 4.79 Å². The smallest absolute Gasteiger partial charge is 0.271 e. The number of aryl methyl sites for hydroxylation is 1. The lowest BCUT2D eigenvalue weighted by atomic mass is 10.1. The third kappa shape index (κ3) is 3.37. The van der Waals surface area contributed by atoms with Crippen molar-refractivity contribution in [3.63, 3.8) is 0 Å². The van der Waals surface area contributed by atoms with Crippen molar-refractivity contribution >= 4 is 33.4 Å². The van der Waals surface area contributed by atoms with Crippen molar-refractivity contribution in [2.75, 3.05) is 7.05 Å². The van der Waals surface area contributed by atoms with Crippen molar-refractivity contribution in [1.29, 1.82) is 0 Å². The molecule has 8 heteroatoms. The number of aromatic nitrogens is 4. The molecule has 0 bridgehead atoms. The Labute approximate surface area is 152 Å². The average molecular weight is 409 g/mol. The van der Waals surface area contributed by atoms with Gasteiger partial charge in [0.2, 0.25) is 0 Å². The molecule has 0 fully saturated rings. The lowest BCUT2D eigenvalue weighted by Crippen LogP contribution is -2.27. The van der Waals surface area contributed by atoms with Crippen LogP contribution in [0.25, 0.3) is 11.3 Å². The summed E-state index contributed by atoms with van der Waals surface area (Å²) in [6.07, 6.45) is 1.71. The van der Waals surface area contributed by atoms with Crippen LogP contribution in [0.2, 0.25) is 5.02 Å². The molecule has 0 aliphatic heterocycles. The van der Waals surface area contributed by atoms with Gasteiger partial charge in [0.1, 0.15) is 5.69 Å². The summed E-state index contributed by atoms with van der Waals surface area (Å²) in [5.41, 5.74) is 2.95. The fourth-order valence-corrected chi connectivity index (χ4v) is 2.92. The number of amides is 1. The van der Waals surface area contributed by atoms with Crippen molar-refractivity contribution in [3.8, 4) is 11.3 Å². The highest BCUT2D eigenvalue weighted by Crippen LogP contribution is 2.21. The van der Waals surface area contributed by atoms with Gasteiger partial charge in [-0.3, -0.25) is 14.6 Å². The normalized spacial score (nSPS) is 10.8. The summed E-state index contributed by atoms with van der Waals surface area (Å²) in [6, 6.07) is 9.05. The Hall–Kier alpha value is -2.12. The SMILES string of the molecule is CN(Cc1c(Br)cnn1C)C(=O)c1cc(-c2ccc(Cl)cc2)n[nH]1. The minimum Gasteiger partial charge on any atom is -0.334 e. The molecule has 0 spiro atoms. The van der Waals surface area contributed by atoms with Gasteiger partial charge in [0.15, 0.2) is 0 Å². The van der Waals surface area contributed by atoms with E-state index >= 15 is 0 Å². The number of nitrogens with zero attached hydrogens (tertiary/aromatic N) is 4. The second-order valence-corrected chi connectivity index (χ2v) is 6.69. The van der Waals surface area contributed by atoms with Crippen LogP contribution in [0.3, 0.4) is 0 Å². The highest BCUT2D eigenvalue weighted by Gasteiger charge is 2.18. The van der Waals surface area contributed by atoms with Crippen LogP contribution < -0.4 is 0 Å². The largest absolute Gasteiger partial charge is 0.334 e. The van der Waals surface area contributed by atoms with E-state index in [2.05, 4.69) is 31.2 Å². The monoisotopic (exact) mass is 407 g/mol. The number of H-pyrrole nitrogens is 1. The Balaban J connectivity index is 1.77. The molecule has 3 aromatic rings. The molecule has 0 saturated carbocycles. The predicted molar refractivity (Wildman–Crippen MR) is 95.7 cm³/mol. The molecule has 124 valence electrons. The summed E-state index contributed by atoms with van der Waals surface area (Å²) in [4.78, 5) is 14.2. The Morgan fingerprint density at radius 3 is 2.71 bits per heavy atom. The van der Waals surface area contributed by atoms with Gasteiger partial charge in [0, 0.05) is 24.7 Å². The lowest BCUT2D eigenvalue weighted by molar-refractivity contribution is 0.0776. The molecule has 2 heterocycles. The van der Waals surface area contributed by atoms with Gasteiger partial charge in [-0.25, -0.2) is 0 Å². The first kappa shape index (κ1) is 16.7. The summed E-state index contributed by atoms with van der Waals surface area (Å²) < 4.78 is 2.61. The maximum absolute atomic E-state index is 12.6. The molecule has 0 saturated heterocycles. The maximum Gasteiger partial charge on any atom is 0.271 e. The van der Waals surface area contributed by atoms with E-state index in [0.29, 0.717) is 23.0 Å². The zero-order valence-corrected chi connectivity index (χ0v) is 15.5. The number of nitrogens with one attached hydrogen (secondary N) is 1. The van der Waals surface area contributed by atoms with Gasteiger partial charge in [0.05, 0.1) is 28.6 Å². The molecular weight excluding hydrogens is 394 g/mol. The molecule has 0 aliphatic rings. The molecule has 6 nitrogen and oxygen atoms in total. The van der Waals surface area contributed by atoms with Crippen LogP contribution in [0.15, 0.2) is 41.0 Å². The Kier molecular flexibility index (Phi) is 4.73. The van der Waals surface area contributed by atoms with Gasteiger partial charge in [-0.15, -0.1) is 0 Å². The van der Waals surface area contributed by atoms with Crippen molar-refractivity contribution in [2.24, 2.45) is 7.05 Å². The van der Waals surface area contributed by atoms with Crippen LogP contribution in [0.4, 0.5) is 0 Å². The van der Waals surface area contributed by atoms with Gasteiger partial charge >= 0.3 is 0 Å². The van der Waals surface area contributed by atoms with Crippen LogP contribution in [0, 0.1) is 0 Å². The number of hydrogen-bond acceptors (Lipinski definition) is 3. The van der Waals surface area contributed by atoms with E-state index in [0.717, 1.165) is 15.7 Å². The van der Waals surface area contributed by atoms with Gasteiger partial charge < -0.3 is 4.90 Å². The topological polar surface area (TPSA) is 66.8 Å². The van der Waals surface area contributed by atoms with E-state index in [1.807, 2.05) is 19.2 Å². The van der Waals surface area contributed by atoms with E-state index in [-0.39, 0.29) is 5.91 Å². The number of rotatable bonds is 4. The number of hydrogen-bond donors (Lipinski definition) is 1. The third-order valence-corrected chi connectivity index (χ3v) is 4.61. The molecule has 0 radical (unpaired) electrons. The molecular formula is C16H15BrClN5O. The zero-order chi connectivity index (χ0) is 17.3. The standard InChI is InChI=1S/C16H15BrClN5O/c1-22(9-15-12(17)8-19-23(15)2)16(24)14-7-13(20-21-14)10-3-5-11(18)6-4-10/h3-8H,9H2,1-2H3,(H,20,21).